The van der Waals surface area contributed by atoms with Gasteiger partial charge in [-0.05, 0) is 49.2 Å². The van der Waals surface area contributed by atoms with Crippen molar-refractivity contribution in [2.24, 2.45) is 0 Å². The van der Waals surface area contributed by atoms with Gasteiger partial charge in [-0.2, -0.15) is 4.37 Å². The third-order valence-electron chi connectivity index (χ3n) is 4.35. The number of nitrogens with zero attached hydrogens (tertiary/aromatic N) is 2. The summed E-state index contributed by atoms with van der Waals surface area (Å²) in [6, 6.07) is 12.5. The van der Waals surface area contributed by atoms with Gasteiger partial charge in [0.2, 0.25) is 15.2 Å². The van der Waals surface area contributed by atoms with E-state index in [-0.39, 0.29) is 16.8 Å². The van der Waals surface area contributed by atoms with Crippen LogP contribution in [0, 0.1) is 5.82 Å². The highest BCUT2D eigenvalue weighted by molar-refractivity contribution is 7.89. The molecule has 30 heavy (non-hydrogen) atoms. The fourth-order valence-corrected chi connectivity index (χ4v) is 4.64. The van der Waals surface area contributed by atoms with E-state index in [1.54, 1.807) is 37.3 Å². The summed E-state index contributed by atoms with van der Waals surface area (Å²) in [6.07, 6.45) is 0.876. The number of hydrogen-bond acceptors (Lipinski definition) is 7. The molecule has 7 nitrogen and oxygen atoms in total. The fraction of sp³-hybridized carbons (Fsp3) is 0.300. The first-order valence-electron chi connectivity index (χ1n) is 9.33. The molecular formula is C20H23FN4O3S2. The molecule has 0 fully saturated rings. The quantitative estimate of drug-likeness (QED) is 0.492. The molecule has 0 saturated heterocycles. The minimum Gasteiger partial charge on any atom is -0.497 e. The fourth-order valence-electron chi connectivity index (χ4n) is 2.75. The summed E-state index contributed by atoms with van der Waals surface area (Å²) in [6.45, 7) is 2.31. The molecular weight excluding hydrogens is 427 g/mol. The maximum Gasteiger partial charge on any atom is 0.240 e. The first kappa shape index (κ1) is 22.1. The van der Waals surface area contributed by atoms with Gasteiger partial charge in [0.05, 0.1) is 12.0 Å². The Kier molecular flexibility index (Phi) is 7.35. The Balaban J connectivity index is 1.48. The molecule has 1 aromatic heterocycles. The van der Waals surface area contributed by atoms with Crippen molar-refractivity contribution in [1.82, 2.24) is 14.1 Å². The van der Waals surface area contributed by atoms with E-state index in [0.29, 0.717) is 41.7 Å². The average Bonchev–Trinajstić information content (AvgIpc) is 3.16. The molecule has 2 N–H and O–H groups in total. The van der Waals surface area contributed by atoms with Gasteiger partial charge in [-0.15, -0.1) is 0 Å². The van der Waals surface area contributed by atoms with Crippen molar-refractivity contribution in [3.63, 3.8) is 0 Å². The Morgan fingerprint density at radius 2 is 1.90 bits per heavy atom. The van der Waals surface area contributed by atoms with Gasteiger partial charge in [-0.1, -0.05) is 18.2 Å². The van der Waals surface area contributed by atoms with Gasteiger partial charge in [0.15, 0.2) is 0 Å². The second kappa shape index (κ2) is 9.96. The van der Waals surface area contributed by atoms with E-state index in [2.05, 4.69) is 19.4 Å². The standard InChI is InChI=1S/C20H23FN4O3S2/c1-14(25-30(26,27)17-9-7-16(28-2)8-10-17)11-12-22-20-23-19(24-29-20)13-15-5-3-4-6-18(15)21/h3-10,14,25H,11-13H2,1-2H3,(H,22,23,24). The average molecular weight is 451 g/mol. The van der Waals surface area contributed by atoms with Gasteiger partial charge in [0.1, 0.15) is 17.4 Å². The molecule has 0 aliphatic carbocycles. The molecule has 0 radical (unpaired) electrons. The van der Waals surface area contributed by atoms with Crippen molar-refractivity contribution in [3.05, 3.63) is 65.7 Å². The van der Waals surface area contributed by atoms with Crippen molar-refractivity contribution in [1.29, 1.82) is 0 Å². The van der Waals surface area contributed by atoms with Gasteiger partial charge in [0.25, 0.3) is 0 Å². The Hall–Kier alpha value is -2.56. The summed E-state index contributed by atoms with van der Waals surface area (Å²) in [7, 11) is -2.08. The number of hydrogen-bond donors (Lipinski definition) is 2. The third kappa shape index (κ3) is 5.97. The number of rotatable bonds is 10. The molecule has 3 rings (SSSR count). The second-order valence-electron chi connectivity index (χ2n) is 6.70. The zero-order chi connectivity index (χ0) is 21.6. The number of benzene rings is 2. The van der Waals surface area contributed by atoms with Crippen molar-refractivity contribution in [2.45, 2.75) is 30.7 Å². The Morgan fingerprint density at radius 1 is 1.17 bits per heavy atom. The largest absolute Gasteiger partial charge is 0.497 e. The monoisotopic (exact) mass is 450 g/mol. The summed E-state index contributed by atoms with van der Waals surface area (Å²) in [4.78, 5) is 4.55. The van der Waals surface area contributed by atoms with Crippen molar-refractivity contribution in [2.75, 3.05) is 19.0 Å². The summed E-state index contributed by atoms with van der Waals surface area (Å²) in [5.74, 6) is 0.860. The lowest BCUT2D eigenvalue weighted by molar-refractivity contribution is 0.414. The minimum atomic E-state index is -3.61. The third-order valence-corrected chi connectivity index (χ3v) is 6.67. The van der Waals surface area contributed by atoms with Crippen LogP contribution in [0.4, 0.5) is 9.52 Å². The maximum absolute atomic E-state index is 13.7. The Morgan fingerprint density at radius 3 is 2.60 bits per heavy atom. The predicted molar refractivity (Wildman–Crippen MR) is 115 cm³/mol. The maximum atomic E-state index is 13.7. The van der Waals surface area contributed by atoms with Crippen LogP contribution in [0.5, 0.6) is 5.75 Å². The van der Waals surface area contributed by atoms with Gasteiger partial charge in [-0.3, -0.25) is 0 Å². The highest BCUT2D eigenvalue weighted by Crippen LogP contribution is 2.17. The molecule has 160 valence electrons. The molecule has 3 aromatic rings. The molecule has 0 aliphatic rings. The predicted octanol–water partition coefficient (Wildman–Crippen LogP) is 3.45. The lowest BCUT2D eigenvalue weighted by Gasteiger charge is -2.14. The highest BCUT2D eigenvalue weighted by atomic mass is 32.2. The molecule has 10 heteroatoms. The van der Waals surface area contributed by atoms with Crippen LogP contribution < -0.4 is 14.8 Å². The van der Waals surface area contributed by atoms with E-state index >= 15 is 0 Å². The lowest BCUT2D eigenvalue weighted by Crippen LogP contribution is -2.33. The minimum absolute atomic E-state index is 0.185. The van der Waals surface area contributed by atoms with E-state index in [0.717, 1.165) is 0 Å². The van der Waals surface area contributed by atoms with Gasteiger partial charge >= 0.3 is 0 Å². The van der Waals surface area contributed by atoms with Gasteiger partial charge < -0.3 is 10.1 Å². The summed E-state index contributed by atoms with van der Waals surface area (Å²) < 4.78 is 50.6. The second-order valence-corrected chi connectivity index (χ2v) is 9.16. The molecule has 0 bridgehead atoms. The number of halogens is 1. The highest BCUT2D eigenvalue weighted by Gasteiger charge is 2.17. The SMILES string of the molecule is COc1ccc(S(=O)(=O)NC(C)CCNc2nc(Cc3ccccc3F)ns2)cc1. The molecule has 0 amide bonds. The molecule has 1 atom stereocenters. The lowest BCUT2D eigenvalue weighted by atomic mass is 10.1. The molecule has 1 unspecified atom stereocenters. The van der Waals surface area contributed by atoms with Crippen LogP contribution in [0.3, 0.4) is 0 Å². The van der Waals surface area contributed by atoms with E-state index in [4.69, 9.17) is 4.74 Å². The normalized spacial score (nSPS) is 12.5. The van der Waals surface area contributed by atoms with E-state index in [1.165, 1.54) is 36.8 Å². The first-order chi connectivity index (χ1) is 14.4. The van der Waals surface area contributed by atoms with E-state index in [1.807, 2.05) is 0 Å². The van der Waals surface area contributed by atoms with Crippen LogP contribution in [0.25, 0.3) is 0 Å². The van der Waals surface area contributed by atoms with E-state index < -0.39 is 10.0 Å². The van der Waals surface area contributed by atoms with Crippen LogP contribution in [0.1, 0.15) is 24.7 Å². The van der Waals surface area contributed by atoms with Crippen LogP contribution in [0.15, 0.2) is 53.4 Å². The van der Waals surface area contributed by atoms with Crippen molar-refractivity contribution < 1.29 is 17.5 Å². The molecule has 0 saturated carbocycles. The number of anilines is 1. The topological polar surface area (TPSA) is 93.2 Å². The Labute approximate surface area is 179 Å². The van der Waals surface area contributed by atoms with E-state index in [9.17, 15) is 12.8 Å². The van der Waals surface area contributed by atoms with Crippen molar-refractivity contribution in [3.8, 4) is 5.75 Å². The molecule has 1 heterocycles. The van der Waals surface area contributed by atoms with Gasteiger partial charge in [0, 0.05) is 30.5 Å². The Bertz CT molecular complexity index is 1070. The van der Waals surface area contributed by atoms with Crippen LogP contribution >= 0.6 is 11.5 Å². The number of methoxy groups -OCH3 is 1. The number of ether oxygens (including phenoxy) is 1. The van der Waals surface area contributed by atoms with Crippen molar-refractivity contribution >= 4 is 26.7 Å². The first-order valence-corrected chi connectivity index (χ1v) is 11.6. The number of nitrogens with one attached hydrogen (secondary N) is 2. The van der Waals surface area contributed by atoms with Crippen LogP contribution in [-0.2, 0) is 16.4 Å². The summed E-state index contributed by atoms with van der Waals surface area (Å²) in [5.41, 5.74) is 0.545. The van der Waals surface area contributed by atoms with Crippen LogP contribution in [0.2, 0.25) is 0 Å². The smallest absolute Gasteiger partial charge is 0.240 e. The molecule has 0 aliphatic heterocycles. The summed E-state index contributed by atoms with van der Waals surface area (Å²) >= 11 is 1.19. The molecule has 2 aromatic carbocycles. The number of sulfonamides is 1. The summed E-state index contributed by atoms with van der Waals surface area (Å²) in [5, 5.41) is 3.75. The van der Waals surface area contributed by atoms with Gasteiger partial charge in [-0.25, -0.2) is 22.5 Å². The van der Waals surface area contributed by atoms with Crippen LogP contribution in [-0.4, -0.2) is 37.5 Å². The number of aromatic nitrogens is 2. The zero-order valence-corrected chi connectivity index (χ0v) is 18.3. The zero-order valence-electron chi connectivity index (χ0n) is 16.6. The molecule has 0 spiro atoms.